The highest BCUT2D eigenvalue weighted by molar-refractivity contribution is 6.34. The van der Waals surface area contributed by atoms with Gasteiger partial charge in [0.25, 0.3) is 17.4 Å². The zero-order chi connectivity index (χ0) is 30.1. The van der Waals surface area contributed by atoms with Crippen LogP contribution in [0.15, 0.2) is 65.6 Å². The summed E-state index contributed by atoms with van der Waals surface area (Å²) in [6.45, 7) is 8.25. The number of ether oxygens (including phenoxy) is 1. The number of aromatic nitrogens is 3. The van der Waals surface area contributed by atoms with E-state index >= 15 is 0 Å². The third-order valence-corrected chi connectivity index (χ3v) is 8.05. The number of anilines is 1. The normalized spacial score (nSPS) is 15.3. The second kappa shape index (κ2) is 11.5. The Bertz CT molecular complexity index is 1690. The number of pyridine rings is 1. The topological polar surface area (TPSA) is 129 Å². The summed E-state index contributed by atoms with van der Waals surface area (Å²) in [6.07, 6.45) is 2.94. The first-order valence-electron chi connectivity index (χ1n) is 13.7. The van der Waals surface area contributed by atoms with E-state index in [0.717, 1.165) is 31.5 Å². The van der Waals surface area contributed by atoms with E-state index in [-0.39, 0.29) is 39.4 Å². The van der Waals surface area contributed by atoms with Gasteiger partial charge in [0.05, 0.1) is 23.4 Å². The smallest absolute Gasteiger partial charge is 0.318 e. The molecule has 1 aliphatic heterocycles. The van der Waals surface area contributed by atoms with E-state index in [1.165, 1.54) is 25.4 Å². The monoisotopic (exact) mass is 588 g/mol. The molecule has 3 N–H and O–H groups in total. The first-order chi connectivity index (χ1) is 20.0. The highest BCUT2D eigenvalue weighted by Crippen LogP contribution is 2.36. The average Bonchev–Trinajstić information content (AvgIpc) is 2.97. The van der Waals surface area contributed by atoms with E-state index in [0.29, 0.717) is 10.9 Å². The number of nitrogens with zero attached hydrogens (tertiary/aromatic N) is 3. The van der Waals surface area contributed by atoms with Gasteiger partial charge in [-0.25, -0.2) is 4.98 Å². The molecule has 0 unspecified atom stereocenters. The molecular weight excluding hydrogens is 556 g/mol. The Labute approximate surface area is 248 Å². The SMILES string of the molecule is COc1ncc2cc(C(=O)Nc3cc(C(=O)NC4(c5ccccc5)CCN(C(C)(C)C)CC4)ccc3Cl)c(=O)[nH]c2n1. The molecule has 0 radical (unpaired) electrons. The zero-order valence-corrected chi connectivity index (χ0v) is 24.7. The van der Waals surface area contributed by atoms with Crippen molar-refractivity contribution in [1.29, 1.82) is 0 Å². The molecule has 0 saturated carbocycles. The van der Waals surface area contributed by atoms with Gasteiger partial charge in [0.2, 0.25) is 0 Å². The standard InChI is InChI=1S/C31H33ClN6O4/c1-30(2,3)38-14-12-31(13-15-38,21-8-6-5-7-9-21)37-26(39)19-10-11-23(32)24(17-19)34-27(40)22-16-20-18-33-29(42-4)36-25(20)35-28(22)41/h5-11,16-18H,12-15H2,1-4H3,(H,34,40)(H,37,39)(H,33,35,36,41). The van der Waals surface area contributed by atoms with Crippen molar-refractivity contribution >= 4 is 40.1 Å². The number of likely N-dealkylation sites (tertiary alicyclic amines) is 1. The largest absolute Gasteiger partial charge is 0.467 e. The van der Waals surface area contributed by atoms with Gasteiger partial charge >= 0.3 is 6.01 Å². The molecule has 5 rings (SSSR count). The first kappa shape index (κ1) is 29.2. The number of halogens is 1. The number of amides is 2. The molecule has 1 saturated heterocycles. The maximum absolute atomic E-state index is 13.7. The van der Waals surface area contributed by atoms with Gasteiger partial charge in [0, 0.05) is 35.8 Å². The highest BCUT2D eigenvalue weighted by Gasteiger charge is 2.40. The lowest BCUT2D eigenvalue weighted by Gasteiger charge is -2.47. The van der Waals surface area contributed by atoms with E-state index < -0.39 is 17.0 Å². The number of methoxy groups -OCH3 is 1. The number of nitrogens with one attached hydrogen (secondary N) is 3. The molecule has 2 amide bonds. The number of hydrogen-bond acceptors (Lipinski definition) is 7. The zero-order valence-electron chi connectivity index (χ0n) is 24.0. The quantitative estimate of drug-likeness (QED) is 0.296. The number of rotatable bonds is 6. The molecule has 0 aliphatic carbocycles. The minimum Gasteiger partial charge on any atom is -0.467 e. The minimum absolute atomic E-state index is 0.0305. The van der Waals surface area contributed by atoms with Crippen molar-refractivity contribution in [3.63, 3.8) is 0 Å². The number of piperidine rings is 1. The van der Waals surface area contributed by atoms with Crippen molar-refractivity contribution in [2.45, 2.75) is 44.7 Å². The summed E-state index contributed by atoms with van der Waals surface area (Å²) in [5.74, 6) is -0.978. The van der Waals surface area contributed by atoms with Crippen LogP contribution >= 0.6 is 11.6 Å². The van der Waals surface area contributed by atoms with Gasteiger partial charge in [0.1, 0.15) is 11.2 Å². The van der Waals surface area contributed by atoms with Gasteiger partial charge in [-0.2, -0.15) is 4.98 Å². The lowest BCUT2D eigenvalue weighted by Crippen LogP contribution is -2.56. The summed E-state index contributed by atoms with van der Waals surface area (Å²) >= 11 is 6.40. The molecule has 218 valence electrons. The third-order valence-electron chi connectivity index (χ3n) is 7.72. The fourth-order valence-corrected chi connectivity index (χ4v) is 5.45. The van der Waals surface area contributed by atoms with E-state index in [1.807, 2.05) is 30.3 Å². The first-order valence-corrected chi connectivity index (χ1v) is 14.0. The molecular formula is C31H33ClN6O4. The maximum Gasteiger partial charge on any atom is 0.318 e. The fourth-order valence-electron chi connectivity index (χ4n) is 5.29. The predicted molar refractivity (Wildman–Crippen MR) is 162 cm³/mol. The van der Waals surface area contributed by atoms with E-state index in [9.17, 15) is 14.4 Å². The van der Waals surface area contributed by atoms with Crippen molar-refractivity contribution in [3.8, 4) is 6.01 Å². The summed E-state index contributed by atoms with van der Waals surface area (Å²) in [4.78, 5) is 52.6. The fraction of sp³-hybridized carbons (Fsp3) is 0.323. The summed E-state index contributed by atoms with van der Waals surface area (Å²) in [6, 6.07) is 16.2. The van der Waals surface area contributed by atoms with Crippen molar-refractivity contribution < 1.29 is 14.3 Å². The second-order valence-corrected chi connectivity index (χ2v) is 11.8. The average molecular weight is 589 g/mol. The van der Waals surface area contributed by atoms with Gasteiger partial charge < -0.3 is 20.4 Å². The number of carbonyl (C=O) groups is 2. The molecule has 42 heavy (non-hydrogen) atoms. The van der Waals surface area contributed by atoms with Gasteiger partial charge in [-0.3, -0.25) is 19.3 Å². The van der Waals surface area contributed by atoms with Crippen molar-refractivity contribution in [2.24, 2.45) is 0 Å². The van der Waals surface area contributed by atoms with Crippen LogP contribution in [0.2, 0.25) is 5.02 Å². The Morgan fingerprint density at radius 1 is 1.05 bits per heavy atom. The Morgan fingerprint density at radius 2 is 1.76 bits per heavy atom. The Kier molecular flexibility index (Phi) is 8.03. The van der Waals surface area contributed by atoms with E-state index in [2.05, 4.69) is 51.3 Å². The van der Waals surface area contributed by atoms with Crippen molar-refractivity contribution in [2.75, 3.05) is 25.5 Å². The molecule has 1 aliphatic rings. The van der Waals surface area contributed by atoms with Gasteiger partial charge in [-0.1, -0.05) is 41.9 Å². The molecule has 0 bridgehead atoms. The van der Waals surface area contributed by atoms with Crippen LogP contribution in [-0.4, -0.2) is 57.4 Å². The lowest BCUT2D eigenvalue weighted by molar-refractivity contribution is 0.0552. The maximum atomic E-state index is 13.7. The van der Waals surface area contributed by atoms with Crippen LogP contribution in [-0.2, 0) is 5.54 Å². The third kappa shape index (κ3) is 6.00. The van der Waals surface area contributed by atoms with Gasteiger partial charge in [-0.05, 0) is 63.4 Å². The van der Waals surface area contributed by atoms with Crippen LogP contribution in [0.4, 0.5) is 5.69 Å². The number of hydrogen-bond donors (Lipinski definition) is 3. The summed E-state index contributed by atoms with van der Waals surface area (Å²) in [7, 11) is 1.41. The Balaban J connectivity index is 1.39. The van der Waals surface area contributed by atoms with E-state index in [4.69, 9.17) is 16.3 Å². The van der Waals surface area contributed by atoms with Crippen molar-refractivity contribution in [1.82, 2.24) is 25.2 Å². The minimum atomic E-state index is -0.691. The van der Waals surface area contributed by atoms with Crippen LogP contribution in [0.1, 0.15) is 59.9 Å². The molecule has 0 atom stereocenters. The molecule has 0 spiro atoms. The van der Waals surface area contributed by atoms with Crippen LogP contribution in [0.25, 0.3) is 11.0 Å². The van der Waals surface area contributed by atoms with Gasteiger partial charge in [0.15, 0.2) is 0 Å². The molecule has 1 fully saturated rings. The van der Waals surface area contributed by atoms with E-state index in [1.54, 1.807) is 12.1 Å². The Morgan fingerprint density at radius 3 is 2.43 bits per heavy atom. The summed E-state index contributed by atoms with van der Waals surface area (Å²) < 4.78 is 4.99. The number of fused-ring (bicyclic) bond motifs is 1. The van der Waals surface area contributed by atoms with Crippen LogP contribution in [0.5, 0.6) is 6.01 Å². The molecule has 11 heteroatoms. The lowest BCUT2D eigenvalue weighted by atomic mass is 9.79. The molecule has 10 nitrogen and oxygen atoms in total. The van der Waals surface area contributed by atoms with Gasteiger partial charge in [-0.15, -0.1) is 0 Å². The Hall–Kier alpha value is -4.28. The predicted octanol–water partition coefficient (Wildman–Crippen LogP) is 4.75. The number of aromatic amines is 1. The van der Waals surface area contributed by atoms with Crippen LogP contribution in [0.3, 0.4) is 0 Å². The van der Waals surface area contributed by atoms with Crippen LogP contribution < -0.4 is 20.9 Å². The van der Waals surface area contributed by atoms with Crippen LogP contribution in [0, 0.1) is 0 Å². The molecule has 4 aromatic rings. The summed E-state index contributed by atoms with van der Waals surface area (Å²) in [5.41, 5.74) is 0.502. The number of H-pyrrole nitrogens is 1. The molecule has 2 aromatic carbocycles. The second-order valence-electron chi connectivity index (χ2n) is 11.4. The number of benzene rings is 2. The molecule has 2 aromatic heterocycles. The highest BCUT2D eigenvalue weighted by atomic mass is 35.5. The number of carbonyl (C=O) groups excluding carboxylic acids is 2. The van der Waals surface area contributed by atoms with Crippen molar-refractivity contribution in [3.05, 3.63) is 92.9 Å². The molecule has 3 heterocycles. The summed E-state index contributed by atoms with van der Waals surface area (Å²) in [5, 5.41) is 6.65.